The Bertz CT molecular complexity index is 212. The third-order valence-electron chi connectivity index (χ3n) is 2.07. The lowest BCUT2D eigenvalue weighted by atomic mass is 10.1. The Morgan fingerprint density at radius 2 is 2.15 bits per heavy atom. The first-order valence-electron chi connectivity index (χ1n) is 4.75. The second-order valence-corrected chi connectivity index (χ2v) is 3.51. The molecular weight excluding hydrogens is 168 g/mol. The van der Waals surface area contributed by atoms with Crippen molar-refractivity contribution >= 4 is 11.7 Å². The van der Waals surface area contributed by atoms with Crippen molar-refractivity contribution in [3.8, 4) is 0 Å². The summed E-state index contributed by atoms with van der Waals surface area (Å²) in [7, 11) is 0. The molecule has 0 bridgehead atoms. The molecule has 3 N–H and O–H groups in total. The van der Waals surface area contributed by atoms with Crippen LogP contribution in [0.5, 0.6) is 0 Å². The smallest absolute Gasteiger partial charge is 0.289 e. The fourth-order valence-corrected chi connectivity index (χ4v) is 1.09. The molecule has 0 aromatic rings. The van der Waals surface area contributed by atoms with Crippen molar-refractivity contribution in [3.05, 3.63) is 0 Å². The SMILES string of the molecule is CCC[C@H](N)C(=O)C(=O)NC1CC1. The van der Waals surface area contributed by atoms with Gasteiger partial charge in [-0.1, -0.05) is 13.3 Å². The lowest BCUT2D eigenvalue weighted by molar-refractivity contribution is -0.138. The van der Waals surface area contributed by atoms with Gasteiger partial charge in [-0.2, -0.15) is 0 Å². The maximum atomic E-state index is 11.3. The summed E-state index contributed by atoms with van der Waals surface area (Å²) >= 11 is 0. The van der Waals surface area contributed by atoms with Gasteiger partial charge in [0, 0.05) is 6.04 Å². The van der Waals surface area contributed by atoms with E-state index < -0.39 is 17.7 Å². The summed E-state index contributed by atoms with van der Waals surface area (Å²) in [5, 5.41) is 2.62. The molecule has 0 heterocycles. The highest BCUT2D eigenvalue weighted by Crippen LogP contribution is 2.18. The first-order chi connectivity index (χ1) is 6.15. The van der Waals surface area contributed by atoms with E-state index in [1.807, 2.05) is 6.92 Å². The van der Waals surface area contributed by atoms with Gasteiger partial charge in [0.1, 0.15) is 0 Å². The van der Waals surface area contributed by atoms with Crippen LogP contribution in [0.2, 0.25) is 0 Å². The van der Waals surface area contributed by atoms with Crippen LogP contribution < -0.4 is 11.1 Å². The lowest BCUT2D eigenvalue weighted by Gasteiger charge is -2.08. The number of carbonyl (C=O) groups excluding carboxylic acids is 2. The average molecular weight is 184 g/mol. The Morgan fingerprint density at radius 3 is 2.62 bits per heavy atom. The van der Waals surface area contributed by atoms with Gasteiger partial charge in [0.2, 0.25) is 5.78 Å². The Balaban J connectivity index is 2.31. The molecule has 0 aromatic carbocycles. The molecule has 0 saturated heterocycles. The highest BCUT2D eigenvalue weighted by molar-refractivity contribution is 6.38. The molecule has 1 amide bonds. The fraction of sp³-hybridized carbons (Fsp3) is 0.778. The van der Waals surface area contributed by atoms with Crippen LogP contribution >= 0.6 is 0 Å². The van der Waals surface area contributed by atoms with Gasteiger partial charge in [0.05, 0.1) is 6.04 Å². The predicted molar refractivity (Wildman–Crippen MR) is 49.1 cm³/mol. The second kappa shape index (κ2) is 4.37. The number of rotatable bonds is 5. The van der Waals surface area contributed by atoms with E-state index in [-0.39, 0.29) is 6.04 Å². The topological polar surface area (TPSA) is 72.2 Å². The van der Waals surface area contributed by atoms with Gasteiger partial charge in [0.25, 0.3) is 5.91 Å². The molecule has 0 aliphatic heterocycles. The van der Waals surface area contributed by atoms with Crippen molar-refractivity contribution in [1.82, 2.24) is 5.32 Å². The molecule has 1 aliphatic rings. The average Bonchev–Trinajstić information content (AvgIpc) is 2.87. The number of nitrogens with two attached hydrogens (primary N) is 1. The minimum absolute atomic E-state index is 0.227. The van der Waals surface area contributed by atoms with Crippen LogP contribution in [0, 0.1) is 0 Å². The van der Waals surface area contributed by atoms with Crippen LogP contribution in [0.15, 0.2) is 0 Å². The van der Waals surface area contributed by atoms with Gasteiger partial charge in [-0.05, 0) is 19.3 Å². The van der Waals surface area contributed by atoms with Gasteiger partial charge in [-0.3, -0.25) is 9.59 Å². The standard InChI is InChI=1S/C9H16N2O2/c1-2-3-7(10)8(12)9(13)11-6-4-5-6/h6-7H,2-5,10H2,1H3,(H,11,13)/t7-/m0/s1. The zero-order chi connectivity index (χ0) is 9.84. The zero-order valence-electron chi connectivity index (χ0n) is 7.88. The molecule has 74 valence electrons. The Morgan fingerprint density at radius 1 is 1.54 bits per heavy atom. The first-order valence-corrected chi connectivity index (χ1v) is 4.75. The summed E-state index contributed by atoms with van der Waals surface area (Å²) in [6.45, 7) is 1.94. The monoisotopic (exact) mass is 184 g/mol. The normalized spacial score (nSPS) is 18.0. The lowest BCUT2D eigenvalue weighted by Crippen LogP contribution is -2.43. The minimum Gasteiger partial charge on any atom is -0.347 e. The van der Waals surface area contributed by atoms with E-state index in [0.29, 0.717) is 6.42 Å². The molecule has 13 heavy (non-hydrogen) atoms. The minimum atomic E-state index is -0.622. The highest BCUT2D eigenvalue weighted by Gasteiger charge is 2.28. The number of nitrogens with one attached hydrogen (secondary N) is 1. The van der Waals surface area contributed by atoms with E-state index in [4.69, 9.17) is 5.73 Å². The molecule has 0 aromatic heterocycles. The number of hydrogen-bond donors (Lipinski definition) is 2. The van der Waals surface area contributed by atoms with Crippen LogP contribution in [0.4, 0.5) is 0 Å². The van der Waals surface area contributed by atoms with E-state index in [1.54, 1.807) is 0 Å². The summed E-state index contributed by atoms with van der Waals surface area (Å²) in [6, 6.07) is -0.394. The Labute approximate surface area is 77.9 Å². The predicted octanol–water partition coefficient (Wildman–Crippen LogP) is -0.0385. The van der Waals surface area contributed by atoms with Crippen LogP contribution in [0.3, 0.4) is 0 Å². The molecule has 0 spiro atoms. The summed E-state index contributed by atoms with van der Waals surface area (Å²) in [5.41, 5.74) is 5.51. The summed E-state index contributed by atoms with van der Waals surface area (Å²) < 4.78 is 0. The molecule has 1 saturated carbocycles. The second-order valence-electron chi connectivity index (χ2n) is 3.51. The molecule has 1 rings (SSSR count). The van der Waals surface area contributed by atoms with Gasteiger partial charge in [-0.25, -0.2) is 0 Å². The number of carbonyl (C=O) groups is 2. The van der Waals surface area contributed by atoms with Crippen LogP contribution in [0.25, 0.3) is 0 Å². The van der Waals surface area contributed by atoms with Gasteiger partial charge in [0.15, 0.2) is 0 Å². The summed E-state index contributed by atoms with van der Waals surface area (Å²) in [5.74, 6) is -0.989. The van der Waals surface area contributed by atoms with E-state index >= 15 is 0 Å². The van der Waals surface area contributed by atoms with Gasteiger partial charge < -0.3 is 11.1 Å². The van der Waals surface area contributed by atoms with E-state index in [0.717, 1.165) is 19.3 Å². The maximum Gasteiger partial charge on any atom is 0.289 e. The quantitative estimate of drug-likeness (QED) is 0.589. The Hall–Kier alpha value is -0.900. The van der Waals surface area contributed by atoms with Crippen LogP contribution in [0.1, 0.15) is 32.6 Å². The molecule has 0 radical (unpaired) electrons. The fourth-order valence-electron chi connectivity index (χ4n) is 1.09. The molecular formula is C9H16N2O2. The third-order valence-corrected chi connectivity index (χ3v) is 2.07. The van der Waals surface area contributed by atoms with E-state index in [2.05, 4.69) is 5.32 Å². The third kappa shape index (κ3) is 3.14. The van der Waals surface area contributed by atoms with Crippen molar-refractivity contribution in [2.24, 2.45) is 5.73 Å². The molecule has 1 atom stereocenters. The van der Waals surface area contributed by atoms with Crippen molar-refractivity contribution < 1.29 is 9.59 Å². The van der Waals surface area contributed by atoms with Crippen molar-refractivity contribution in [2.75, 3.05) is 0 Å². The van der Waals surface area contributed by atoms with Crippen LogP contribution in [-0.2, 0) is 9.59 Å². The Kier molecular flexibility index (Phi) is 3.42. The molecule has 1 fully saturated rings. The van der Waals surface area contributed by atoms with Gasteiger partial charge >= 0.3 is 0 Å². The summed E-state index contributed by atoms with van der Waals surface area (Å²) in [4.78, 5) is 22.4. The van der Waals surface area contributed by atoms with Gasteiger partial charge in [-0.15, -0.1) is 0 Å². The van der Waals surface area contributed by atoms with Crippen LogP contribution in [-0.4, -0.2) is 23.8 Å². The van der Waals surface area contributed by atoms with Crippen molar-refractivity contribution in [3.63, 3.8) is 0 Å². The van der Waals surface area contributed by atoms with E-state index in [9.17, 15) is 9.59 Å². The number of amides is 1. The van der Waals surface area contributed by atoms with Crippen molar-refractivity contribution in [2.45, 2.75) is 44.7 Å². The highest BCUT2D eigenvalue weighted by atomic mass is 16.2. The number of Topliss-reactive ketones (excluding diaryl/α,β-unsaturated/α-hetero) is 1. The van der Waals surface area contributed by atoms with E-state index in [1.165, 1.54) is 0 Å². The first kappa shape index (κ1) is 10.2. The molecule has 1 aliphatic carbocycles. The molecule has 4 nitrogen and oxygen atoms in total. The maximum absolute atomic E-state index is 11.3. The number of ketones is 1. The molecule has 4 heteroatoms. The molecule has 0 unspecified atom stereocenters. The zero-order valence-corrected chi connectivity index (χ0v) is 7.88. The largest absolute Gasteiger partial charge is 0.347 e. The number of hydrogen-bond acceptors (Lipinski definition) is 3. The van der Waals surface area contributed by atoms with Crippen molar-refractivity contribution in [1.29, 1.82) is 0 Å². The summed E-state index contributed by atoms with van der Waals surface area (Å²) in [6.07, 6.45) is 3.38.